The number of hydrogen-bond donors (Lipinski definition) is 1. The second-order valence-corrected chi connectivity index (χ2v) is 7.05. The predicted molar refractivity (Wildman–Crippen MR) is 117 cm³/mol. The van der Waals surface area contributed by atoms with Gasteiger partial charge in [0.25, 0.3) is 11.8 Å². The Bertz CT molecular complexity index is 983. The maximum Gasteiger partial charge on any atom is 0.274 e. The fraction of sp³-hybridized carbons (Fsp3) is 0.208. The number of nitrogens with zero attached hydrogens (tertiary/aromatic N) is 2. The Hall–Kier alpha value is -3.47. The number of pyridine rings is 1. The monoisotopic (exact) mass is 387 g/mol. The van der Waals surface area contributed by atoms with Gasteiger partial charge < -0.3 is 10.2 Å². The third kappa shape index (κ3) is 4.88. The summed E-state index contributed by atoms with van der Waals surface area (Å²) < 4.78 is 0. The van der Waals surface area contributed by atoms with Crippen LogP contribution < -0.4 is 10.2 Å². The third-order valence-electron chi connectivity index (χ3n) is 4.70. The highest BCUT2D eigenvalue weighted by molar-refractivity contribution is 6.08. The molecule has 1 aromatic heterocycles. The van der Waals surface area contributed by atoms with Crippen molar-refractivity contribution in [3.8, 4) is 0 Å². The van der Waals surface area contributed by atoms with Gasteiger partial charge in [0.2, 0.25) is 0 Å². The number of carbonyl (C=O) groups excluding carboxylic acids is 2. The number of nitrogens with one attached hydrogen (secondary N) is 1. The Morgan fingerprint density at radius 3 is 2.31 bits per heavy atom. The van der Waals surface area contributed by atoms with Gasteiger partial charge in [0, 0.05) is 29.7 Å². The van der Waals surface area contributed by atoms with E-state index < -0.39 is 0 Å². The van der Waals surface area contributed by atoms with Gasteiger partial charge in [-0.3, -0.25) is 14.6 Å². The van der Waals surface area contributed by atoms with Crippen molar-refractivity contribution in [3.05, 3.63) is 89.7 Å². The number of aromatic nitrogens is 1. The minimum Gasteiger partial charge on any atom is -0.321 e. The Morgan fingerprint density at radius 2 is 1.69 bits per heavy atom. The number of benzene rings is 2. The van der Waals surface area contributed by atoms with E-state index in [0.717, 1.165) is 5.69 Å². The van der Waals surface area contributed by atoms with Crippen molar-refractivity contribution in [1.29, 1.82) is 0 Å². The van der Waals surface area contributed by atoms with Crippen LogP contribution in [0.25, 0.3) is 0 Å². The maximum absolute atomic E-state index is 13.0. The fourth-order valence-electron chi connectivity index (χ4n) is 3.04. The standard InChI is InChI=1S/C24H25N3O2/c1-4-27(21-8-6-5-7-9-21)24(29)19-14-15-25-22(16-19)23(28)26-20-12-10-18(11-13-20)17(2)3/h5-17H,4H2,1-3H3,(H,26,28). The average Bonchev–Trinajstić information content (AvgIpc) is 2.75. The van der Waals surface area contributed by atoms with Crippen LogP contribution in [-0.2, 0) is 0 Å². The molecule has 0 bridgehead atoms. The van der Waals surface area contributed by atoms with Gasteiger partial charge in [-0.25, -0.2) is 0 Å². The molecule has 0 aliphatic carbocycles. The summed E-state index contributed by atoms with van der Waals surface area (Å²) in [5.74, 6) is -0.0913. The Balaban J connectivity index is 1.77. The molecule has 148 valence electrons. The summed E-state index contributed by atoms with van der Waals surface area (Å²) in [5.41, 5.74) is 3.33. The average molecular weight is 387 g/mol. The van der Waals surface area contributed by atoms with Gasteiger partial charge in [0.15, 0.2) is 0 Å². The Morgan fingerprint density at radius 1 is 1.00 bits per heavy atom. The van der Waals surface area contributed by atoms with Gasteiger partial charge in [0.05, 0.1) is 0 Å². The molecule has 3 rings (SSSR count). The summed E-state index contributed by atoms with van der Waals surface area (Å²) in [5, 5.41) is 2.84. The fourth-order valence-corrected chi connectivity index (χ4v) is 3.04. The molecule has 1 heterocycles. The molecule has 2 aromatic carbocycles. The van der Waals surface area contributed by atoms with Crippen LogP contribution in [0.5, 0.6) is 0 Å². The molecule has 0 atom stereocenters. The smallest absolute Gasteiger partial charge is 0.274 e. The zero-order chi connectivity index (χ0) is 20.8. The summed E-state index contributed by atoms with van der Waals surface area (Å²) in [6.07, 6.45) is 1.49. The molecule has 3 aromatic rings. The van der Waals surface area contributed by atoms with E-state index in [1.165, 1.54) is 17.8 Å². The van der Waals surface area contributed by atoms with Crippen molar-refractivity contribution in [2.45, 2.75) is 26.7 Å². The number of para-hydroxylation sites is 1. The molecule has 0 radical (unpaired) electrons. The molecule has 1 N–H and O–H groups in total. The van der Waals surface area contributed by atoms with E-state index in [1.54, 1.807) is 11.0 Å². The van der Waals surface area contributed by atoms with Crippen LogP contribution in [-0.4, -0.2) is 23.3 Å². The molecular formula is C24H25N3O2. The number of carbonyl (C=O) groups is 2. The molecule has 2 amide bonds. The summed E-state index contributed by atoms with van der Waals surface area (Å²) in [6.45, 7) is 6.68. The maximum atomic E-state index is 13.0. The van der Waals surface area contributed by atoms with Gasteiger partial charge in [-0.1, -0.05) is 44.2 Å². The zero-order valence-corrected chi connectivity index (χ0v) is 16.9. The Labute approximate surface area is 171 Å². The van der Waals surface area contributed by atoms with Crippen LogP contribution in [0, 0.1) is 0 Å². The van der Waals surface area contributed by atoms with Crippen LogP contribution >= 0.6 is 0 Å². The van der Waals surface area contributed by atoms with Gasteiger partial charge in [-0.05, 0) is 54.8 Å². The molecule has 0 saturated carbocycles. The summed E-state index contributed by atoms with van der Waals surface area (Å²) >= 11 is 0. The van der Waals surface area contributed by atoms with Crippen molar-refractivity contribution in [3.63, 3.8) is 0 Å². The molecular weight excluding hydrogens is 362 g/mol. The highest BCUT2D eigenvalue weighted by Gasteiger charge is 2.18. The van der Waals surface area contributed by atoms with Crippen molar-refractivity contribution in [2.24, 2.45) is 0 Å². The van der Waals surface area contributed by atoms with Crippen LogP contribution in [0.15, 0.2) is 72.9 Å². The van der Waals surface area contributed by atoms with E-state index in [4.69, 9.17) is 0 Å². The van der Waals surface area contributed by atoms with Gasteiger partial charge in [0.1, 0.15) is 5.69 Å². The van der Waals surface area contributed by atoms with Crippen molar-refractivity contribution < 1.29 is 9.59 Å². The van der Waals surface area contributed by atoms with E-state index in [1.807, 2.05) is 61.5 Å². The largest absolute Gasteiger partial charge is 0.321 e. The highest BCUT2D eigenvalue weighted by Crippen LogP contribution is 2.19. The van der Waals surface area contributed by atoms with Crippen LogP contribution in [0.3, 0.4) is 0 Å². The number of amides is 2. The molecule has 29 heavy (non-hydrogen) atoms. The van der Waals surface area contributed by atoms with Gasteiger partial charge in [-0.15, -0.1) is 0 Å². The summed E-state index contributed by atoms with van der Waals surface area (Å²) in [6, 6.07) is 20.3. The van der Waals surface area contributed by atoms with Crippen molar-refractivity contribution in [2.75, 3.05) is 16.8 Å². The van der Waals surface area contributed by atoms with Crippen LogP contribution in [0.1, 0.15) is 53.1 Å². The lowest BCUT2D eigenvalue weighted by Crippen LogP contribution is -2.30. The van der Waals surface area contributed by atoms with Crippen LogP contribution in [0.4, 0.5) is 11.4 Å². The van der Waals surface area contributed by atoms with E-state index in [9.17, 15) is 9.59 Å². The third-order valence-corrected chi connectivity index (χ3v) is 4.70. The second kappa shape index (κ2) is 9.15. The molecule has 5 nitrogen and oxygen atoms in total. The predicted octanol–water partition coefficient (Wildman–Crippen LogP) is 5.12. The SMILES string of the molecule is CCN(C(=O)c1ccnc(C(=O)Nc2ccc(C(C)C)cc2)c1)c1ccccc1. The lowest BCUT2D eigenvalue weighted by molar-refractivity contribution is 0.0988. The van der Waals surface area contributed by atoms with Gasteiger partial charge in [-0.2, -0.15) is 0 Å². The first kappa shape index (κ1) is 20.3. The number of anilines is 2. The Kier molecular flexibility index (Phi) is 6.39. The summed E-state index contributed by atoms with van der Waals surface area (Å²) in [4.78, 5) is 31.4. The summed E-state index contributed by atoms with van der Waals surface area (Å²) in [7, 11) is 0. The van der Waals surface area contributed by atoms with E-state index in [2.05, 4.69) is 24.1 Å². The minimum atomic E-state index is -0.347. The van der Waals surface area contributed by atoms with Crippen molar-refractivity contribution in [1.82, 2.24) is 4.98 Å². The number of rotatable bonds is 6. The van der Waals surface area contributed by atoms with Crippen molar-refractivity contribution >= 4 is 23.2 Å². The number of hydrogen-bond acceptors (Lipinski definition) is 3. The molecule has 0 unspecified atom stereocenters. The molecule has 0 aliphatic heterocycles. The van der Waals surface area contributed by atoms with Crippen LogP contribution in [0.2, 0.25) is 0 Å². The zero-order valence-electron chi connectivity index (χ0n) is 16.9. The first-order valence-electron chi connectivity index (χ1n) is 9.74. The second-order valence-electron chi connectivity index (χ2n) is 7.05. The first-order chi connectivity index (χ1) is 14.0. The lowest BCUT2D eigenvalue weighted by atomic mass is 10.0. The quantitative estimate of drug-likeness (QED) is 0.638. The minimum absolute atomic E-state index is 0.170. The first-order valence-corrected chi connectivity index (χ1v) is 9.74. The molecule has 0 saturated heterocycles. The highest BCUT2D eigenvalue weighted by atomic mass is 16.2. The topological polar surface area (TPSA) is 62.3 Å². The molecule has 0 aliphatic rings. The molecule has 0 fully saturated rings. The van der Waals surface area contributed by atoms with E-state index >= 15 is 0 Å². The molecule has 0 spiro atoms. The lowest BCUT2D eigenvalue weighted by Gasteiger charge is -2.21. The van der Waals surface area contributed by atoms with E-state index in [-0.39, 0.29) is 17.5 Å². The van der Waals surface area contributed by atoms with Gasteiger partial charge >= 0.3 is 0 Å². The normalized spacial score (nSPS) is 10.6. The van der Waals surface area contributed by atoms with E-state index in [0.29, 0.717) is 23.7 Å². The molecule has 5 heteroatoms.